The first kappa shape index (κ1) is 16.3. The van der Waals surface area contributed by atoms with Crippen molar-refractivity contribution in [1.29, 1.82) is 0 Å². The maximum atomic E-state index is 12.1. The zero-order valence-corrected chi connectivity index (χ0v) is 14.2. The van der Waals surface area contributed by atoms with Crippen LogP contribution in [0.15, 0.2) is 81.3 Å². The molecule has 5 heteroatoms. The summed E-state index contributed by atoms with van der Waals surface area (Å²) in [7, 11) is -3.74. The summed E-state index contributed by atoms with van der Waals surface area (Å²) in [6.45, 7) is 2.14. The number of rotatable bonds is 5. The zero-order chi connectivity index (χ0) is 17.0. The molecule has 0 saturated carbocycles. The lowest BCUT2D eigenvalue weighted by atomic mass is 10.0. The van der Waals surface area contributed by atoms with Crippen LogP contribution in [0.3, 0.4) is 0 Å². The van der Waals surface area contributed by atoms with Crippen LogP contribution in [0.5, 0.6) is 0 Å². The molecule has 4 nitrogen and oxygen atoms in total. The van der Waals surface area contributed by atoms with Crippen molar-refractivity contribution in [2.24, 2.45) is 9.63 Å². The predicted molar refractivity (Wildman–Crippen MR) is 95.1 cm³/mol. The minimum absolute atomic E-state index is 0.160. The summed E-state index contributed by atoms with van der Waals surface area (Å²) < 4.78 is 27.8. The van der Waals surface area contributed by atoms with Gasteiger partial charge >= 0.3 is 0 Å². The van der Waals surface area contributed by atoms with Gasteiger partial charge in [-0.3, -0.25) is 0 Å². The van der Waals surface area contributed by atoms with E-state index >= 15 is 0 Å². The van der Waals surface area contributed by atoms with Gasteiger partial charge < -0.3 is 0 Å². The first-order valence-electron chi connectivity index (χ1n) is 7.70. The molecular formula is C19H18N2O2S. The Morgan fingerprint density at radius 3 is 2.58 bits per heavy atom. The first-order chi connectivity index (χ1) is 11.5. The van der Waals surface area contributed by atoms with E-state index in [1.165, 1.54) is 5.57 Å². The summed E-state index contributed by atoms with van der Waals surface area (Å²) >= 11 is 0. The Morgan fingerprint density at radius 1 is 1.08 bits per heavy atom. The minimum atomic E-state index is -3.74. The van der Waals surface area contributed by atoms with E-state index in [9.17, 15) is 8.42 Å². The Bertz CT molecular complexity index is 924. The van der Waals surface area contributed by atoms with Crippen molar-refractivity contribution >= 4 is 15.6 Å². The molecule has 0 saturated heterocycles. The molecule has 0 aliphatic heterocycles. The van der Waals surface area contributed by atoms with Crippen LogP contribution in [0.25, 0.3) is 5.57 Å². The number of benzene rings is 2. The Morgan fingerprint density at radius 2 is 1.88 bits per heavy atom. The van der Waals surface area contributed by atoms with Crippen molar-refractivity contribution in [3.05, 3.63) is 83.4 Å². The second kappa shape index (κ2) is 6.93. The summed E-state index contributed by atoms with van der Waals surface area (Å²) in [6, 6.07) is 14.5. The molecule has 0 spiro atoms. The number of sulfonamides is 1. The molecule has 122 valence electrons. The van der Waals surface area contributed by atoms with Gasteiger partial charge in [0.2, 0.25) is 0 Å². The van der Waals surface area contributed by atoms with Gasteiger partial charge in [0, 0.05) is 0 Å². The van der Waals surface area contributed by atoms with Crippen LogP contribution in [-0.2, 0) is 16.6 Å². The molecule has 1 aliphatic carbocycles. The van der Waals surface area contributed by atoms with Gasteiger partial charge in [-0.05, 0) is 48.2 Å². The van der Waals surface area contributed by atoms with E-state index < -0.39 is 10.0 Å². The van der Waals surface area contributed by atoms with Crippen LogP contribution in [0.1, 0.15) is 23.1 Å². The zero-order valence-electron chi connectivity index (χ0n) is 13.4. The summed E-state index contributed by atoms with van der Waals surface area (Å²) in [5.41, 5.74) is 4.32. The lowest BCUT2D eigenvalue weighted by Gasteiger charge is -2.04. The van der Waals surface area contributed by atoms with Crippen molar-refractivity contribution in [3.8, 4) is 0 Å². The predicted octanol–water partition coefficient (Wildman–Crippen LogP) is 4.68. The smallest absolute Gasteiger partial charge is 0.198 e. The Kier molecular flexibility index (Phi) is 4.71. The van der Waals surface area contributed by atoms with Gasteiger partial charge in [0.15, 0.2) is 0 Å². The standard InChI is InChI=1S/C19H18N2O2S/c1-15-9-11-19(12-10-15)24(22,23)21-20-14-16-5-4-8-18(13-16)17-6-2-3-7-17/h2-6,8-13H,7,14H2,1H3. The van der Waals surface area contributed by atoms with E-state index in [-0.39, 0.29) is 11.4 Å². The van der Waals surface area contributed by atoms with Crippen molar-refractivity contribution in [1.82, 2.24) is 0 Å². The van der Waals surface area contributed by atoms with E-state index in [4.69, 9.17) is 0 Å². The van der Waals surface area contributed by atoms with E-state index in [0.717, 1.165) is 23.1 Å². The maximum absolute atomic E-state index is 12.1. The molecule has 2 aromatic carbocycles. The van der Waals surface area contributed by atoms with Crippen LogP contribution in [0, 0.1) is 6.92 Å². The average Bonchev–Trinajstić information content (AvgIpc) is 3.10. The van der Waals surface area contributed by atoms with Crippen LogP contribution in [0.4, 0.5) is 0 Å². The highest BCUT2D eigenvalue weighted by Gasteiger charge is 2.12. The number of nitrogens with zero attached hydrogens (tertiary/aromatic N) is 2. The van der Waals surface area contributed by atoms with Crippen molar-refractivity contribution in [2.75, 3.05) is 0 Å². The minimum Gasteiger partial charge on any atom is -0.198 e. The van der Waals surface area contributed by atoms with Crippen LogP contribution in [-0.4, -0.2) is 8.42 Å². The third kappa shape index (κ3) is 3.86. The fourth-order valence-electron chi connectivity index (χ4n) is 2.47. The first-order valence-corrected chi connectivity index (χ1v) is 9.14. The van der Waals surface area contributed by atoms with Gasteiger partial charge in [0.05, 0.1) is 11.4 Å². The molecule has 0 radical (unpaired) electrons. The molecule has 0 atom stereocenters. The molecule has 3 rings (SSSR count). The molecule has 0 fully saturated rings. The second-order valence-electron chi connectivity index (χ2n) is 5.69. The highest BCUT2D eigenvalue weighted by atomic mass is 32.2. The molecule has 0 aromatic heterocycles. The quantitative estimate of drug-likeness (QED) is 0.743. The van der Waals surface area contributed by atoms with Crippen LogP contribution < -0.4 is 0 Å². The molecule has 24 heavy (non-hydrogen) atoms. The Labute approximate surface area is 142 Å². The molecule has 2 aromatic rings. The van der Waals surface area contributed by atoms with Gasteiger partial charge in [-0.15, -0.1) is 0 Å². The third-order valence-corrected chi connectivity index (χ3v) is 5.00. The number of hydrogen-bond donors (Lipinski definition) is 0. The molecule has 0 amide bonds. The van der Waals surface area contributed by atoms with E-state index in [0.29, 0.717) is 0 Å². The summed E-state index contributed by atoms with van der Waals surface area (Å²) in [4.78, 5) is 0.160. The summed E-state index contributed by atoms with van der Waals surface area (Å²) in [5, 5.41) is 3.88. The third-order valence-electron chi connectivity index (χ3n) is 3.81. The lowest BCUT2D eigenvalue weighted by molar-refractivity contribution is 0.594. The molecule has 0 bridgehead atoms. The van der Waals surface area contributed by atoms with Crippen molar-refractivity contribution in [3.63, 3.8) is 0 Å². The molecular weight excluding hydrogens is 320 g/mol. The van der Waals surface area contributed by atoms with Crippen molar-refractivity contribution < 1.29 is 8.42 Å². The summed E-state index contributed by atoms with van der Waals surface area (Å²) in [6.07, 6.45) is 7.15. The van der Waals surface area contributed by atoms with Gasteiger partial charge in [0.1, 0.15) is 0 Å². The monoisotopic (exact) mass is 338 g/mol. The highest BCUT2D eigenvalue weighted by Crippen LogP contribution is 2.24. The van der Waals surface area contributed by atoms with Crippen molar-refractivity contribution in [2.45, 2.75) is 24.8 Å². The van der Waals surface area contributed by atoms with Gasteiger partial charge in [-0.2, -0.15) is 13.5 Å². The van der Waals surface area contributed by atoms with Gasteiger partial charge in [-0.25, -0.2) is 0 Å². The molecule has 0 unspecified atom stereocenters. The maximum Gasteiger partial charge on any atom is 0.299 e. The van der Waals surface area contributed by atoms with E-state index in [1.54, 1.807) is 24.3 Å². The Hall–Kier alpha value is -2.53. The van der Waals surface area contributed by atoms with Crippen LogP contribution in [0.2, 0.25) is 0 Å². The highest BCUT2D eigenvalue weighted by molar-refractivity contribution is 7.90. The average molecular weight is 338 g/mol. The number of hydrogen-bond acceptors (Lipinski definition) is 3. The second-order valence-corrected chi connectivity index (χ2v) is 7.28. The van der Waals surface area contributed by atoms with Crippen LogP contribution >= 0.6 is 0 Å². The molecule has 1 aliphatic rings. The molecule has 0 N–H and O–H groups in total. The van der Waals surface area contributed by atoms with Gasteiger partial charge in [0.25, 0.3) is 10.0 Å². The van der Waals surface area contributed by atoms with E-state index in [2.05, 4.69) is 21.8 Å². The summed E-state index contributed by atoms with van der Waals surface area (Å²) in [5.74, 6) is 0. The largest absolute Gasteiger partial charge is 0.299 e. The topological polar surface area (TPSA) is 58.9 Å². The SMILES string of the molecule is Cc1ccc(S(=O)(=O)N=NCc2cccc(C3=CC=CC3)c2)cc1. The molecule has 0 heterocycles. The van der Waals surface area contributed by atoms with Gasteiger partial charge in [-0.1, -0.05) is 58.6 Å². The fourth-order valence-corrected chi connectivity index (χ4v) is 3.26. The Balaban J connectivity index is 1.72. The number of aryl methyl sites for hydroxylation is 1. The number of allylic oxidation sites excluding steroid dienone is 4. The fraction of sp³-hybridized carbons (Fsp3) is 0.158. The van der Waals surface area contributed by atoms with E-state index in [1.807, 2.05) is 37.3 Å². The lowest BCUT2D eigenvalue weighted by Crippen LogP contribution is -1.96. The normalized spacial score (nSPS) is 14.3.